The molecule has 0 bridgehead atoms. The predicted octanol–water partition coefficient (Wildman–Crippen LogP) is 1.86. The van der Waals surface area contributed by atoms with Gasteiger partial charge in [0.1, 0.15) is 0 Å². The van der Waals surface area contributed by atoms with Gasteiger partial charge in [-0.05, 0) is 33.2 Å². The van der Waals surface area contributed by atoms with E-state index in [2.05, 4.69) is 11.5 Å². The van der Waals surface area contributed by atoms with E-state index in [1.54, 1.807) is 4.57 Å². The molecule has 0 spiro atoms. The molecular weight excluding hydrogens is 226 g/mol. The van der Waals surface area contributed by atoms with E-state index in [1.165, 1.54) is 0 Å². The van der Waals surface area contributed by atoms with Crippen LogP contribution in [0.1, 0.15) is 6.92 Å². The van der Waals surface area contributed by atoms with Gasteiger partial charge in [0.2, 0.25) is 0 Å². The standard InChI is InChI=1S/C14H19N3O/c1-11(2)17-13-8-6-5-7-12(13)16(14(17)18)10-9-15(3)4/h5-8H,1,9-10H2,2-4H3. The summed E-state index contributed by atoms with van der Waals surface area (Å²) in [6.45, 7) is 7.26. The van der Waals surface area contributed by atoms with Crippen LogP contribution < -0.4 is 5.69 Å². The van der Waals surface area contributed by atoms with Gasteiger partial charge in [0.25, 0.3) is 0 Å². The average molecular weight is 245 g/mol. The van der Waals surface area contributed by atoms with Crippen molar-refractivity contribution in [1.29, 1.82) is 0 Å². The van der Waals surface area contributed by atoms with E-state index in [4.69, 9.17) is 0 Å². The van der Waals surface area contributed by atoms with Crippen LogP contribution in [0.4, 0.5) is 0 Å². The number of hydrogen-bond acceptors (Lipinski definition) is 2. The van der Waals surface area contributed by atoms with Crippen molar-refractivity contribution in [3.8, 4) is 0 Å². The number of likely N-dealkylation sites (N-methyl/N-ethyl adjacent to an activating group) is 1. The third kappa shape index (κ3) is 2.11. The number of para-hydroxylation sites is 2. The molecule has 0 saturated carbocycles. The highest BCUT2D eigenvalue weighted by molar-refractivity contribution is 5.79. The molecule has 0 aliphatic carbocycles. The van der Waals surface area contributed by atoms with E-state index >= 15 is 0 Å². The second kappa shape index (κ2) is 4.82. The van der Waals surface area contributed by atoms with Crippen molar-refractivity contribution in [2.75, 3.05) is 20.6 Å². The molecule has 4 nitrogen and oxygen atoms in total. The Labute approximate surface area is 107 Å². The summed E-state index contributed by atoms with van der Waals surface area (Å²) >= 11 is 0. The van der Waals surface area contributed by atoms with Crippen LogP contribution in [0.3, 0.4) is 0 Å². The van der Waals surface area contributed by atoms with Gasteiger partial charge in [-0.2, -0.15) is 0 Å². The molecule has 4 heteroatoms. The lowest BCUT2D eigenvalue weighted by molar-refractivity contribution is 0.383. The molecular formula is C14H19N3O. The van der Waals surface area contributed by atoms with Gasteiger partial charge in [0.05, 0.1) is 11.0 Å². The molecule has 0 atom stereocenters. The minimum atomic E-state index is -0.00875. The first-order chi connectivity index (χ1) is 8.52. The van der Waals surface area contributed by atoms with Crippen LogP contribution >= 0.6 is 0 Å². The molecule has 0 aliphatic rings. The van der Waals surface area contributed by atoms with Crippen LogP contribution in [0.15, 0.2) is 35.6 Å². The minimum Gasteiger partial charge on any atom is -0.308 e. The minimum absolute atomic E-state index is 0.00875. The Hall–Kier alpha value is -1.81. The lowest BCUT2D eigenvalue weighted by atomic mass is 10.3. The Kier molecular flexibility index (Phi) is 3.39. The van der Waals surface area contributed by atoms with Gasteiger partial charge >= 0.3 is 5.69 Å². The van der Waals surface area contributed by atoms with Gasteiger partial charge in [-0.1, -0.05) is 18.7 Å². The van der Waals surface area contributed by atoms with Crippen molar-refractivity contribution >= 4 is 16.7 Å². The SMILES string of the molecule is C=C(C)n1c(=O)n(CCN(C)C)c2ccccc21. The van der Waals surface area contributed by atoms with Crippen molar-refractivity contribution in [1.82, 2.24) is 14.0 Å². The van der Waals surface area contributed by atoms with E-state index in [9.17, 15) is 4.79 Å². The fourth-order valence-corrected chi connectivity index (χ4v) is 2.09. The van der Waals surface area contributed by atoms with Crippen LogP contribution in [-0.2, 0) is 6.54 Å². The van der Waals surface area contributed by atoms with Crippen LogP contribution in [0.2, 0.25) is 0 Å². The third-order valence-electron chi connectivity index (χ3n) is 2.99. The lowest BCUT2D eigenvalue weighted by Crippen LogP contribution is -2.27. The van der Waals surface area contributed by atoms with Crippen molar-refractivity contribution in [3.63, 3.8) is 0 Å². The predicted molar refractivity (Wildman–Crippen MR) is 75.8 cm³/mol. The zero-order valence-corrected chi connectivity index (χ0v) is 11.2. The van der Waals surface area contributed by atoms with Gasteiger partial charge in [-0.15, -0.1) is 0 Å². The van der Waals surface area contributed by atoms with Crippen molar-refractivity contribution in [2.24, 2.45) is 0 Å². The molecule has 0 amide bonds. The van der Waals surface area contributed by atoms with E-state index < -0.39 is 0 Å². The fourth-order valence-electron chi connectivity index (χ4n) is 2.09. The van der Waals surface area contributed by atoms with Gasteiger partial charge in [0, 0.05) is 18.8 Å². The Morgan fingerprint density at radius 2 is 1.89 bits per heavy atom. The van der Waals surface area contributed by atoms with Gasteiger partial charge < -0.3 is 4.90 Å². The summed E-state index contributed by atoms with van der Waals surface area (Å²) in [5, 5.41) is 0. The monoisotopic (exact) mass is 245 g/mol. The number of imidazole rings is 1. The number of aromatic nitrogens is 2. The van der Waals surface area contributed by atoms with Gasteiger partial charge in [0.15, 0.2) is 0 Å². The zero-order valence-electron chi connectivity index (χ0n) is 11.2. The molecule has 18 heavy (non-hydrogen) atoms. The van der Waals surface area contributed by atoms with E-state index in [1.807, 2.05) is 49.9 Å². The summed E-state index contributed by atoms with van der Waals surface area (Å²) in [7, 11) is 4.01. The van der Waals surface area contributed by atoms with Crippen LogP contribution in [-0.4, -0.2) is 34.7 Å². The summed E-state index contributed by atoms with van der Waals surface area (Å²) < 4.78 is 3.48. The van der Waals surface area contributed by atoms with Crippen LogP contribution in [0.5, 0.6) is 0 Å². The molecule has 1 heterocycles. The lowest BCUT2D eigenvalue weighted by Gasteiger charge is -2.09. The van der Waals surface area contributed by atoms with Gasteiger partial charge in [-0.3, -0.25) is 9.13 Å². The van der Waals surface area contributed by atoms with Crippen molar-refractivity contribution < 1.29 is 0 Å². The summed E-state index contributed by atoms with van der Waals surface area (Å²) in [6.07, 6.45) is 0. The van der Waals surface area contributed by atoms with E-state index in [0.29, 0.717) is 6.54 Å². The summed E-state index contributed by atoms with van der Waals surface area (Å²) in [6, 6.07) is 7.83. The number of fused-ring (bicyclic) bond motifs is 1. The Balaban J connectivity index is 2.62. The van der Waals surface area contributed by atoms with E-state index in [-0.39, 0.29) is 5.69 Å². The first-order valence-electron chi connectivity index (χ1n) is 6.03. The highest BCUT2D eigenvalue weighted by Crippen LogP contribution is 2.15. The number of benzene rings is 1. The molecule has 0 unspecified atom stereocenters. The molecule has 2 rings (SSSR count). The highest BCUT2D eigenvalue weighted by atomic mass is 16.1. The maximum absolute atomic E-state index is 12.4. The second-order valence-corrected chi connectivity index (χ2v) is 4.80. The Bertz CT molecular complexity index is 634. The van der Waals surface area contributed by atoms with Crippen LogP contribution in [0.25, 0.3) is 16.7 Å². The summed E-state index contributed by atoms with van der Waals surface area (Å²) in [5.41, 5.74) is 2.63. The first-order valence-corrected chi connectivity index (χ1v) is 6.03. The van der Waals surface area contributed by atoms with Gasteiger partial charge in [-0.25, -0.2) is 4.79 Å². The van der Waals surface area contributed by atoms with Crippen molar-refractivity contribution in [3.05, 3.63) is 41.3 Å². The summed E-state index contributed by atoms with van der Waals surface area (Å²) in [5.74, 6) is 0. The average Bonchev–Trinajstić information content (AvgIpc) is 2.58. The molecule has 0 N–H and O–H groups in total. The summed E-state index contributed by atoms with van der Waals surface area (Å²) in [4.78, 5) is 14.5. The maximum atomic E-state index is 12.4. The molecule has 0 aliphatic heterocycles. The molecule has 0 fully saturated rings. The smallest absolute Gasteiger partial charge is 0.308 e. The Morgan fingerprint density at radius 3 is 2.44 bits per heavy atom. The number of nitrogens with zero attached hydrogens (tertiary/aromatic N) is 3. The largest absolute Gasteiger partial charge is 0.333 e. The topological polar surface area (TPSA) is 30.2 Å². The fraction of sp³-hybridized carbons (Fsp3) is 0.357. The molecule has 96 valence electrons. The van der Waals surface area contributed by atoms with Crippen molar-refractivity contribution in [2.45, 2.75) is 13.5 Å². The molecule has 0 saturated heterocycles. The quantitative estimate of drug-likeness (QED) is 0.823. The number of rotatable bonds is 4. The Morgan fingerprint density at radius 1 is 1.28 bits per heavy atom. The van der Waals surface area contributed by atoms with Crippen LogP contribution in [0, 0.1) is 0 Å². The number of hydrogen-bond donors (Lipinski definition) is 0. The molecule has 1 aromatic heterocycles. The second-order valence-electron chi connectivity index (χ2n) is 4.80. The molecule has 2 aromatic rings. The number of allylic oxidation sites excluding steroid dienone is 1. The third-order valence-corrected chi connectivity index (χ3v) is 2.99. The molecule has 1 aromatic carbocycles. The van der Waals surface area contributed by atoms with E-state index in [0.717, 1.165) is 23.3 Å². The first kappa shape index (κ1) is 12.6. The highest BCUT2D eigenvalue weighted by Gasteiger charge is 2.12. The zero-order chi connectivity index (χ0) is 13.3. The maximum Gasteiger partial charge on any atom is 0.333 e. The normalized spacial score (nSPS) is 11.3. The molecule has 0 radical (unpaired) electrons.